The highest BCUT2D eigenvalue weighted by Crippen LogP contribution is 2.30. The third kappa shape index (κ3) is 4.55. The number of rotatable bonds is 4. The maximum atomic E-state index is 12.6. The number of nitriles is 1. The van der Waals surface area contributed by atoms with Crippen molar-refractivity contribution < 1.29 is 19.3 Å². The van der Waals surface area contributed by atoms with E-state index >= 15 is 0 Å². The molecule has 1 atom stereocenters. The molecule has 10 nitrogen and oxygen atoms in total. The second-order valence-electron chi connectivity index (χ2n) is 7.38. The Bertz CT molecular complexity index is 847. The summed E-state index contributed by atoms with van der Waals surface area (Å²) in [6.45, 7) is 5.70. The van der Waals surface area contributed by atoms with Crippen LogP contribution in [0.25, 0.3) is 0 Å². The highest BCUT2D eigenvalue weighted by Gasteiger charge is 2.39. The molecule has 1 aromatic rings. The van der Waals surface area contributed by atoms with E-state index in [0.717, 1.165) is 11.3 Å². The first-order chi connectivity index (χ1) is 13.3. The van der Waals surface area contributed by atoms with Crippen LogP contribution in [0.5, 0.6) is 5.75 Å². The number of carbonyl (C=O) groups excluding carboxylic acids is 1. The lowest BCUT2D eigenvalue weighted by Gasteiger charge is -2.22. The summed E-state index contributed by atoms with van der Waals surface area (Å²) in [5, 5.41) is 22.5. The topological polar surface area (TPSA) is 121 Å². The van der Waals surface area contributed by atoms with Gasteiger partial charge in [0.15, 0.2) is 5.03 Å². The fraction of sp³-hybridized carbons (Fsp3) is 0.500. The SMILES string of the molecule is CC1(C)CC(CN2CCN(C(=O)Oc3cccc(C#N)c3)C2=N[N+](=O)[O-])CO1. The highest BCUT2D eigenvalue weighted by atomic mass is 16.7. The summed E-state index contributed by atoms with van der Waals surface area (Å²) in [7, 11) is 0. The number of carbonyl (C=O) groups is 1. The number of hydrogen-bond donors (Lipinski definition) is 0. The van der Waals surface area contributed by atoms with Gasteiger partial charge >= 0.3 is 6.09 Å². The van der Waals surface area contributed by atoms with Crippen molar-refractivity contribution in [3.05, 3.63) is 39.9 Å². The van der Waals surface area contributed by atoms with E-state index in [1.807, 2.05) is 19.9 Å². The van der Waals surface area contributed by atoms with E-state index in [-0.39, 0.29) is 29.8 Å². The van der Waals surface area contributed by atoms with Crippen molar-refractivity contribution in [3.8, 4) is 11.8 Å². The Morgan fingerprint density at radius 2 is 2.29 bits per heavy atom. The number of ether oxygens (including phenoxy) is 2. The van der Waals surface area contributed by atoms with Gasteiger partial charge in [0, 0.05) is 19.0 Å². The van der Waals surface area contributed by atoms with Crippen LogP contribution in [0.2, 0.25) is 0 Å². The van der Waals surface area contributed by atoms with Crippen molar-refractivity contribution in [1.82, 2.24) is 9.80 Å². The molecule has 10 heteroatoms. The highest BCUT2D eigenvalue weighted by molar-refractivity contribution is 5.96. The molecule has 2 fully saturated rings. The molecule has 148 valence electrons. The first kappa shape index (κ1) is 19.6. The summed E-state index contributed by atoms with van der Waals surface area (Å²) in [5.41, 5.74) is 0.117. The number of hydrazone groups is 1. The van der Waals surface area contributed by atoms with Gasteiger partial charge < -0.3 is 14.4 Å². The molecule has 3 rings (SSSR count). The van der Waals surface area contributed by atoms with Crippen LogP contribution in [0.1, 0.15) is 25.8 Å². The number of hydrogen-bond acceptors (Lipinski definition) is 6. The van der Waals surface area contributed by atoms with Gasteiger partial charge in [0.1, 0.15) is 10.9 Å². The van der Waals surface area contributed by atoms with Crippen LogP contribution in [0.15, 0.2) is 29.4 Å². The van der Waals surface area contributed by atoms with Gasteiger partial charge in [0.2, 0.25) is 0 Å². The molecule has 2 aliphatic rings. The second-order valence-corrected chi connectivity index (χ2v) is 7.38. The van der Waals surface area contributed by atoms with Crippen LogP contribution in [-0.2, 0) is 4.74 Å². The van der Waals surface area contributed by atoms with E-state index in [0.29, 0.717) is 25.3 Å². The number of guanidine groups is 1. The van der Waals surface area contributed by atoms with Gasteiger partial charge in [-0.05, 0) is 38.5 Å². The molecule has 0 spiro atoms. The fourth-order valence-electron chi connectivity index (χ4n) is 3.50. The number of nitrogens with zero attached hydrogens (tertiary/aromatic N) is 5. The quantitative estimate of drug-likeness (QED) is 0.572. The summed E-state index contributed by atoms with van der Waals surface area (Å²) in [6, 6.07) is 8.09. The zero-order valence-corrected chi connectivity index (χ0v) is 15.7. The minimum atomic E-state index is -0.820. The predicted molar refractivity (Wildman–Crippen MR) is 98.0 cm³/mol. The van der Waals surface area contributed by atoms with Crippen molar-refractivity contribution >= 4 is 12.1 Å². The van der Waals surface area contributed by atoms with E-state index in [2.05, 4.69) is 5.10 Å². The van der Waals surface area contributed by atoms with Crippen LogP contribution in [0.3, 0.4) is 0 Å². The molecule has 2 aliphatic heterocycles. The normalized spacial score (nSPS) is 22.3. The number of amides is 1. The zero-order valence-electron chi connectivity index (χ0n) is 15.7. The average molecular weight is 387 g/mol. The van der Waals surface area contributed by atoms with Crippen LogP contribution in [0.4, 0.5) is 4.79 Å². The molecule has 0 saturated carbocycles. The largest absolute Gasteiger partial charge is 0.422 e. The maximum absolute atomic E-state index is 12.6. The monoisotopic (exact) mass is 387 g/mol. The Morgan fingerprint density at radius 1 is 1.50 bits per heavy atom. The number of benzene rings is 1. The molecule has 1 amide bonds. The summed E-state index contributed by atoms with van der Waals surface area (Å²) < 4.78 is 11.0. The molecule has 1 aromatic carbocycles. The minimum Gasteiger partial charge on any atom is -0.410 e. The van der Waals surface area contributed by atoms with Gasteiger partial charge in [-0.1, -0.05) is 6.07 Å². The van der Waals surface area contributed by atoms with Crippen molar-refractivity contribution in [2.45, 2.75) is 25.9 Å². The zero-order chi connectivity index (χ0) is 20.3. The average Bonchev–Trinajstić information content (AvgIpc) is 3.17. The van der Waals surface area contributed by atoms with Gasteiger partial charge in [0.05, 0.1) is 30.4 Å². The van der Waals surface area contributed by atoms with Crippen molar-refractivity contribution in [1.29, 1.82) is 5.26 Å². The molecular weight excluding hydrogens is 366 g/mol. The Balaban J connectivity index is 1.72. The van der Waals surface area contributed by atoms with Crippen LogP contribution >= 0.6 is 0 Å². The lowest BCUT2D eigenvalue weighted by atomic mass is 9.97. The Kier molecular flexibility index (Phi) is 5.46. The molecule has 1 unspecified atom stereocenters. The van der Waals surface area contributed by atoms with E-state index in [1.165, 1.54) is 12.1 Å². The molecule has 0 radical (unpaired) electrons. The van der Waals surface area contributed by atoms with Gasteiger partial charge in [0.25, 0.3) is 5.96 Å². The Labute approximate surface area is 162 Å². The molecule has 2 saturated heterocycles. The van der Waals surface area contributed by atoms with Crippen LogP contribution < -0.4 is 4.74 Å². The van der Waals surface area contributed by atoms with E-state index in [1.54, 1.807) is 17.0 Å². The third-order valence-corrected chi connectivity index (χ3v) is 4.65. The molecule has 0 aliphatic carbocycles. The standard InChI is InChI=1S/C18H21N5O5/c1-18(2)9-14(12-27-18)11-21-6-7-22(16(21)20-23(25)26)17(24)28-15-5-3-4-13(8-15)10-19/h3-5,8,14H,6-7,9,11-12H2,1-2H3. The minimum absolute atomic E-state index is 0.0452. The molecule has 0 aromatic heterocycles. The van der Waals surface area contributed by atoms with Gasteiger partial charge in [-0.3, -0.25) is 0 Å². The summed E-state index contributed by atoms with van der Waals surface area (Å²) in [6.07, 6.45) is 0.0434. The Morgan fingerprint density at radius 3 is 2.93 bits per heavy atom. The molecule has 28 heavy (non-hydrogen) atoms. The molecular formula is C18H21N5O5. The summed E-state index contributed by atoms with van der Waals surface area (Å²) >= 11 is 0. The number of nitro groups is 1. The summed E-state index contributed by atoms with van der Waals surface area (Å²) in [5.74, 6) is 0.334. The van der Waals surface area contributed by atoms with E-state index in [9.17, 15) is 14.9 Å². The first-order valence-corrected chi connectivity index (χ1v) is 8.89. The molecule has 0 bridgehead atoms. The van der Waals surface area contributed by atoms with Crippen LogP contribution in [0, 0.1) is 27.4 Å². The smallest absolute Gasteiger partial charge is 0.410 e. The lowest BCUT2D eigenvalue weighted by molar-refractivity contribution is -0.486. The third-order valence-electron chi connectivity index (χ3n) is 4.65. The lowest BCUT2D eigenvalue weighted by Crippen LogP contribution is -2.41. The van der Waals surface area contributed by atoms with Crippen molar-refractivity contribution in [3.63, 3.8) is 0 Å². The second kappa shape index (κ2) is 7.82. The van der Waals surface area contributed by atoms with E-state index < -0.39 is 11.1 Å². The first-order valence-electron chi connectivity index (χ1n) is 8.89. The maximum Gasteiger partial charge on any atom is 0.422 e. The van der Waals surface area contributed by atoms with Gasteiger partial charge in [-0.25, -0.2) is 19.8 Å². The molecule has 0 N–H and O–H groups in total. The van der Waals surface area contributed by atoms with Crippen molar-refractivity contribution in [2.24, 2.45) is 11.0 Å². The summed E-state index contributed by atoms with van der Waals surface area (Å²) in [4.78, 5) is 26.4. The van der Waals surface area contributed by atoms with Crippen LogP contribution in [-0.4, -0.2) is 58.7 Å². The van der Waals surface area contributed by atoms with Crippen molar-refractivity contribution in [2.75, 3.05) is 26.2 Å². The fourth-order valence-corrected chi connectivity index (χ4v) is 3.50. The van der Waals surface area contributed by atoms with Gasteiger partial charge in [-0.2, -0.15) is 5.26 Å². The van der Waals surface area contributed by atoms with Gasteiger partial charge in [-0.15, -0.1) is 0 Å². The predicted octanol–water partition coefficient (Wildman–Crippen LogP) is 2.04. The molecule has 2 heterocycles. The van der Waals surface area contributed by atoms with E-state index in [4.69, 9.17) is 14.7 Å². The Hall–Kier alpha value is -3.19.